The first kappa shape index (κ1) is 9.27. The smallest absolute Gasteiger partial charge is 0.305 e. The van der Waals surface area contributed by atoms with Crippen LogP contribution in [0, 0.1) is 6.92 Å². The Bertz CT molecular complexity index is 533. The molecule has 0 atom stereocenters. The fourth-order valence-corrected chi connectivity index (χ4v) is 1.85. The molecule has 0 bridgehead atoms. The molecule has 1 aromatic carbocycles. The van der Waals surface area contributed by atoms with E-state index in [4.69, 9.17) is 0 Å². The first-order valence-corrected chi connectivity index (χ1v) is 5.48. The Balaban J connectivity index is 2.82. The van der Waals surface area contributed by atoms with E-state index < -0.39 is 0 Å². The molecule has 1 aromatic heterocycles. The van der Waals surface area contributed by atoms with Gasteiger partial charge < -0.3 is 4.98 Å². The zero-order chi connectivity index (χ0) is 10.1. The van der Waals surface area contributed by atoms with Crippen molar-refractivity contribution in [1.82, 2.24) is 9.97 Å². The number of hydrogen-bond acceptors (Lipinski definition) is 3. The average molecular weight is 206 g/mol. The van der Waals surface area contributed by atoms with Crippen LogP contribution in [0.1, 0.15) is 5.69 Å². The van der Waals surface area contributed by atoms with E-state index in [0.29, 0.717) is 0 Å². The predicted molar refractivity (Wildman–Crippen MR) is 58.9 cm³/mol. The van der Waals surface area contributed by atoms with Crippen LogP contribution >= 0.6 is 11.8 Å². The molecule has 3 nitrogen and oxygen atoms in total. The standard InChI is InChI=1S/C10H10N2OS/c1-6-8-5-7(14-2)3-4-9(8)12-10(13)11-6/h3-5H,1-2H3,(H,11,12,13). The highest BCUT2D eigenvalue weighted by molar-refractivity contribution is 7.98. The molecule has 14 heavy (non-hydrogen) atoms. The maximum atomic E-state index is 11.1. The van der Waals surface area contributed by atoms with Crippen molar-refractivity contribution in [2.45, 2.75) is 11.8 Å². The molecular formula is C10H10N2OS. The van der Waals surface area contributed by atoms with Gasteiger partial charge in [0.05, 0.1) is 11.2 Å². The zero-order valence-corrected chi connectivity index (χ0v) is 8.81. The Morgan fingerprint density at radius 2 is 2.21 bits per heavy atom. The van der Waals surface area contributed by atoms with Gasteiger partial charge in [0.15, 0.2) is 0 Å². The number of aromatic nitrogens is 2. The maximum Gasteiger partial charge on any atom is 0.345 e. The summed E-state index contributed by atoms with van der Waals surface area (Å²) in [7, 11) is 0. The van der Waals surface area contributed by atoms with E-state index in [1.807, 2.05) is 31.4 Å². The summed E-state index contributed by atoms with van der Waals surface area (Å²) in [5, 5.41) is 1.01. The molecule has 72 valence electrons. The normalized spacial score (nSPS) is 10.7. The third-order valence-electron chi connectivity index (χ3n) is 2.13. The minimum absolute atomic E-state index is 0.285. The highest BCUT2D eigenvalue weighted by atomic mass is 32.2. The van der Waals surface area contributed by atoms with Crippen molar-refractivity contribution >= 4 is 22.7 Å². The summed E-state index contributed by atoms with van der Waals surface area (Å²) in [5.74, 6) is 0. The van der Waals surface area contributed by atoms with Gasteiger partial charge in [-0.3, -0.25) is 0 Å². The van der Waals surface area contributed by atoms with Gasteiger partial charge in [0.2, 0.25) is 0 Å². The Hall–Kier alpha value is -1.29. The van der Waals surface area contributed by atoms with Crippen LogP contribution < -0.4 is 5.69 Å². The number of aromatic amines is 1. The summed E-state index contributed by atoms with van der Waals surface area (Å²) in [4.78, 5) is 18.8. The highest BCUT2D eigenvalue weighted by Crippen LogP contribution is 2.20. The van der Waals surface area contributed by atoms with Crippen LogP contribution in [-0.4, -0.2) is 16.2 Å². The number of nitrogens with one attached hydrogen (secondary N) is 1. The molecule has 2 aromatic rings. The second-order valence-electron chi connectivity index (χ2n) is 3.04. The Labute approximate surface area is 85.6 Å². The molecule has 4 heteroatoms. The van der Waals surface area contributed by atoms with Crippen molar-refractivity contribution in [2.75, 3.05) is 6.26 Å². The first-order valence-electron chi connectivity index (χ1n) is 4.25. The minimum atomic E-state index is -0.285. The fraction of sp³-hybridized carbons (Fsp3) is 0.200. The van der Waals surface area contributed by atoms with E-state index in [0.717, 1.165) is 16.6 Å². The summed E-state index contributed by atoms with van der Waals surface area (Å²) in [6.45, 7) is 1.85. The Kier molecular flexibility index (Phi) is 2.29. The van der Waals surface area contributed by atoms with Crippen molar-refractivity contribution in [3.05, 3.63) is 34.4 Å². The third kappa shape index (κ3) is 1.53. The van der Waals surface area contributed by atoms with Crippen LogP contribution in [0.3, 0.4) is 0 Å². The van der Waals surface area contributed by atoms with E-state index >= 15 is 0 Å². The van der Waals surface area contributed by atoms with Crippen LogP contribution in [-0.2, 0) is 0 Å². The van der Waals surface area contributed by atoms with E-state index in [2.05, 4.69) is 9.97 Å². The summed E-state index contributed by atoms with van der Waals surface area (Å²) in [6, 6.07) is 5.94. The monoisotopic (exact) mass is 206 g/mol. The first-order chi connectivity index (χ1) is 6.70. The largest absolute Gasteiger partial charge is 0.345 e. The lowest BCUT2D eigenvalue weighted by Gasteiger charge is -2.02. The van der Waals surface area contributed by atoms with Crippen molar-refractivity contribution in [3.8, 4) is 0 Å². The van der Waals surface area contributed by atoms with Crippen LogP contribution in [0.2, 0.25) is 0 Å². The van der Waals surface area contributed by atoms with Gasteiger partial charge in [0.25, 0.3) is 0 Å². The van der Waals surface area contributed by atoms with E-state index in [1.165, 1.54) is 4.90 Å². The van der Waals surface area contributed by atoms with Crippen LogP contribution in [0.15, 0.2) is 27.9 Å². The summed E-state index contributed by atoms with van der Waals surface area (Å²) in [6.07, 6.45) is 2.02. The molecule has 0 saturated heterocycles. The van der Waals surface area contributed by atoms with E-state index in [-0.39, 0.29) is 5.69 Å². The number of fused-ring (bicyclic) bond motifs is 1. The van der Waals surface area contributed by atoms with Crippen LogP contribution in [0.5, 0.6) is 0 Å². The number of aryl methyl sites for hydroxylation is 1. The quantitative estimate of drug-likeness (QED) is 0.725. The summed E-state index contributed by atoms with van der Waals surface area (Å²) < 4.78 is 0. The number of nitrogens with zero attached hydrogens (tertiary/aromatic N) is 1. The Morgan fingerprint density at radius 3 is 2.93 bits per heavy atom. The maximum absolute atomic E-state index is 11.1. The average Bonchev–Trinajstić information content (AvgIpc) is 2.17. The minimum Gasteiger partial charge on any atom is -0.305 e. The van der Waals surface area contributed by atoms with Gasteiger partial charge in [0.1, 0.15) is 0 Å². The van der Waals surface area contributed by atoms with Crippen molar-refractivity contribution in [3.63, 3.8) is 0 Å². The lowest BCUT2D eigenvalue weighted by Crippen LogP contribution is -2.11. The van der Waals surface area contributed by atoms with Gasteiger partial charge in [-0.05, 0) is 31.4 Å². The molecule has 0 amide bonds. The molecule has 0 fully saturated rings. The van der Waals surface area contributed by atoms with Gasteiger partial charge in [0, 0.05) is 10.3 Å². The lowest BCUT2D eigenvalue weighted by molar-refractivity contribution is 1.07. The molecule has 0 saturated carbocycles. The van der Waals surface area contributed by atoms with Crippen LogP contribution in [0.25, 0.3) is 10.9 Å². The number of H-pyrrole nitrogens is 1. The molecule has 2 rings (SSSR count). The van der Waals surface area contributed by atoms with Crippen molar-refractivity contribution in [2.24, 2.45) is 0 Å². The SMILES string of the molecule is CSc1ccc2[nH]c(=O)nc(C)c2c1. The van der Waals surface area contributed by atoms with E-state index in [1.54, 1.807) is 11.8 Å². The number of rotatable bonds is 1. The topological polar surface area (TPSA) is 45.8 Å². The second-order valence-corrected chi connectivity index (χ2v) is 3.92. The molecule has 1 N–H and O–H groups in total. The lowest BCUT2D eigenvalue weighted by atomic mass is 10.2. The summed E-state index contributed by atoms with van der Waals surface area (Å²) >= 11 is 1.68. The molecule has 0 unspecified atom stereocenters. The molecule has 0 radical (unpaired) electrons. The van der Waals surface area contributed by atoms with Crippen LogP contribution in [0.4, 0.5) is 0 Å². The third-order valence-corrected chi connectivity index (χ3v) is 2.85. The van der Waals surface area contributed by atoms with Gasteiger partial charge in [-0.1, -0.05) is 0 Å². The number of hydrogen-bond donors (Lipinski definition) is 1. The van der Waals surface area contributed by atoms with Crippen molar-refractivity contribution in [1.29, 1.82) is 0 Å². The van der Waals surface area contributed by atoms with Gasteiger partial charge >= 0.3 is 5.69 Å². The molecule has 0 aliphatic rings. The van der Waals surface area contributed by atoms with Gasteiger partial charge in [-0.15, -0.1) is 11.8 Å². The summed E-state index contributed by atoms with van der Waals surface area (Å²) in [5.41, 5.74) is 1.34. The van der Waals surface area contributed by atoms with Crippen molar-refractivity contribution < 1.29 is 0 Å². The molecule has 0 aliphatic carbocycles. The van der Waals surface area contributed by atoms with E-state index in [9.17, 15) is 4.79 Å². The number of benzene rings is 1. The second kappa shape index (κ2) is 3.46. The molecule has 0 spiro atoms. The van der Waals surface area contributed by atoms with Gasteiger partial charge in [-0.25, -0.2) is 4.79 Å². The van der Waals surface area contributed by atoms with Gasteiger partial charge in [-0.2, -0.15) is 4.98 Å². The fourth-order valence-electron chi connectivity index (χ4n) is 1.41. The zero-order valence-electron chi connectivity index (χ0n) is 8.00. The Morgan fingerprint density at radius 1 is 1.43 bits per heavy atom. The number of thioether (sulfide) groups is 1. The molecule has 0 aliphatic heterocycles. The highest BCUT2D eigenvalue weighted by Gasteiger charge is 2.01. The molecule has 1 heterocycles. The molecular weight excluding hydrogens is 196 g/mol. The predicted octanol–water partition coefficient (Wildman–Crippen LogP) is 1.95.